The van der Waals surface area contributed by atoms with Crippen LogP contribution in [-0.4, -0.2) is 24.3 Å². The third-order valence-electron chi connectivity index (χ3n) is 2.31. The van der Waals surface area contributed by atoms with Gasteiger partial charge in [-0.05, 0) is 33.6 Å². The number of hydrogen-bond donors (Lipinski definition) is 0. The van der Waals surface area contributed by atoms with E-state index < -0.39 is 0 Å². The summed E-state index contributed by atoms with van der Waals surface area (Å²) in [6, 6.07) is 0. The Labute approximate surface area is 98.6 Å². The summed E-state index contributed by atoms with van der Waals surface area (Å²) in [7, 11) is 0. The number of ketones is 2. The number of rotatable bonds is 10. The van der Waals surface area contributed by atoms with Crippen LogP contribution in [0.4, 0.5) is 0 Å². The summed E-state index contributed by atoms with van der Waals surface area (Å²) < 4.78 is 5.40. The Morgan fingerprint density at radius 3 is 2.25 bits per heavy atom. The fourth-order valence-corrected chi connectivity index (χ4v) is 1.36. The van der Waals surface area contributed by atoms with E-state index in [4.69, 9.17) is 4.74 Å². The molecular weight excluding hydrogens is 204 g/mol. The Kier molecular flexibility index (Phi) is 9.10. The second-order valence-corrected chi connectivity index (χ2v) is 4.47. The standard InChI is InChI=1S/C13H24O3/c1-11(2)16-10-6-4-5-7-13(15)9-8-12(3)14/h11H,4-10H2,1-3H3. The highest BCUT2D eigenvalue weighted by atomic mass is 16.5. The van der Waals surface area contributed by atoms with E-state index in [1.165, 1.54) is 6.92 Å². The van der Waals surface area contributed by atoms with Crippen molar-refractivity contribution in [3.05, 3.63) is 0 Å². The molecular formula is C13H24O3. The average molecular weight is 228 g/mol. The van der Waals surface area contributed by atoms with E-state index in [2.05, 4.69) is 0 Å². The van der Waals surface area contributed by atoms with Gasteiger partial charge in [0.05, 0.1) is 6.10 Å². The van der Waals surface area contributed by atoms with Crippen LogP contribution in [0, 0.1) is 0 Å². The zero-order valence-corrected chi connectivity index (χ0v) is 10.8. The second-order valence-electron chi connectivity index (χ2n) is 4.47. The maximum atomic E-state index is 11.3. The Morgan fingerprint density at radius 2 is 1.69 bits per heavy atom. The third-order valence-corrected chi connectivity index (χ3v) is 2.31. The molecule has 0 amide bonds. The van der Waals surface area contributed by atoms with Crippen molar-refractivity contribution in [1.29, 1.82) is 0 Å². The Balaban J connectivity index is 3.24. The highest BCUT2D eigenvalue weighted by Gasteiger charge is 2.03. The van der Waals surface area contributed by atoms with Gasteiger partial charge in [0.2, 0.25) is 0 Å². The largest absolute Gasteiger partial charge is 0.379 e. The van der Waals surface area contributed by atoms with E-state index in [1.807, 2.05) is 13.8 Å². The van der Waals surface area contributed by atoms with Crippen LogP contribution >= 0.6 is 0 Å². The number of unbranched alkanes of at least 4 members (excludes halogenated alkanes) is 2. The maximum absolute atomic E-state index is 11.3. The quantitative estimate of drug-likeness (QED) is 0.540. The second kappa shape index (κ2) is 9.52. The number of carbonyl (C=O) groups excluding carboxylic acids is 2. The molecule has 0 spiro atoms. The summed E-state index contributed by atoms with van der Waals surface area (Å²) in [5.41, 5.74) is 0. The molecule has 0 aliphatic carbocycles. The van der Waals surface area contributed by atoms with Gasteiger partial charge in [0.1, 0.15) is 11.6 Å². The number of carbonyl (C=O) groups is 2. The summed E-state index contributed by atoms with van der Waals surface area (Å²) in [5, 5.41) is 0. The molecule has 0 aliphatic rings. The molecule has 0 aromatic heterocycles. The first-order chi connectivity index (χ1) is 7.52. The average Bonchev–Trinajstić information content (AvgIpc) is 2.19. The Bertz CT molecular complexity index is 209. The molecule has 0 fully saturated rings. The summed E-state index contributed by atoms with van der Waals surface area (Å²) in [5.74, 6) is 0.304. The van der Waals surface area contributed by atoms with Gasteiger partial charge in [-0.1, -0.05) is 6.42 Å². The molecule has 94 valence electrons. The Hall–Kier alpha value is -0.700. The van der Waals surface area contributed by atoms with Crippen molar-refractivity contribution in [3.63, 3.8) is 0 Å². The van der Waals surface area contributed by atoms with Gasteiger partial charge in [-0.2, -0.15) is 0 Å². The van der Waals surface area contributed by atoms with Crippen LogP contribution in [0.15, 0.2) is 0 Å². The molecule has 0 bridgehead atoms. The number of hydrogen-bond acceptors (Lipinski definition) is 3. The van der Waals surface area contributed by atoms with Gasteiger partial charge in [-0.15, -0.1) is 0 Å². The van der Waals surface area contributed by atoms with E-state index in [1.54, 1.807) is 0 Å². The van der Waals surface area contributed by atoms with Crippen molar-refractivity contribution in [2.24, 2.45) is 0 Å². The van der Waals surface area contributed by atoms with E-state index in [0.29, 0.717) is 19.3 Å². The molecule has 0 heterocycles. The van der Waals surface area contributed by atoms with E-state index in [-0.39, 0.29) is 17.7 Å². The SMILES string of the molecule is CC(=O)CCC(=O)CCCCCOC(C)C. The smallest absolute Gasteiger partial charge is 0.133 e. The van der Waals surface area contributed by atoms with Crippen molar-refractivity contribution in [3.8, 4) is 0 Å². The molecule has 0 N–H and O–H groups in total. The fourth-order valence-electron chi connectivity index (χ4n) is 1.36. The highest BCUT2D eigenvalue weighted by molar-refractivity contribution is 5.84. The van der Waals surface area contributed by atoms with Gasteiger partial charge in [-0.25, -0.2) is 0 Å². The monoisotopic (exact) mass is 228 g/mol. The van der Waals surface area contributed by atoms with Crippen molar-refractivity contribution >= 4 is 11.6 Å². The molecule has 0 aromatic rings. The molecule has 0 rings (SSSR count). The molecule has 0 saturated heterocycles. The molecule has 0 unspecified atom stereocenters. The zero-order chi connectivity index (χ0) is 12.4. The first kappa shape index (κ1) is 15.3. The van der Waals surface area contributed by atoms with Crippen molar-refractivity contribution < 1.29 is 14.3 Å². The van der Waals surface area contributed by atoms with Crippen LogP contribution in [0.25, 0.3) is 0 Å². The van der Waals surface area contributed by atoms with Gasteiger partial charge < -0.3 is 9.53 Å². The van der Waals surface area contributed by atoms with Gasteiger partial charge in [0, 0.05) is 25.9 Å². The number of Topliss-reactive ketones (excluding diaryl/α,β-unsaturated/α-hetero) is 2. The summed E-state index contributed by atoms with van der Waals surface area (Å²) in [6.45, 7) is 6.34. The molecule has 0 aromatic carbocycles. The molecule has 3 heteroatoms. The lowest BCUT2D eigenvalue weighted by atomic mass is 10.1. The van der Waals surface area contributed by atoms with Crippen LogP contribution in [0.5, 0.6) is 0 Å². The molecule has 0 atom stereocenters. The first-order valence-electron chi connectivity index (χ1n) is 6.15. The lowest BCUT2D eigenvalue weighted by Gasteiger charge is -2.06. The summed E-state index contributed by atoms with van der Waals surface area (Å²) in [4.78, 5) is 22.0. The van der Waals surface area contributed by atoms with E-state index in [9.17, 15) is 9.59 Å². The highest BCUT2D eigenvalue weighted by Crippen LogP contribution is 2.05. The fraction of sp³-hybridized carbons (Fsp3) is 0.846. The molecule has 0 radical (unpaired) electrons. The van der Waals surface area contributed by atoms with Gasteiger partial charge in [0.25, 0.3) is 0 Å². The molecule has 3 nitrogen and oxygen atoms in total. The first-order valence-corrected chi connectivity index (χ1v) is 6.15. The van der Waals surface area contributed by atoms with Gasteiger partial charge >= 0.3 is 0 Å². The molecule has 16 heavy (non-hydrogen) atoms. The van der Waals surface area contributed by atoms with Crippen LogP contribution in [0.2, 0.25) is 0 Å². The van der Waals surface area contributed by atoms with Crippen molar-refractivity contribution in [2.45, 2.75) is 65.4 Å². The van der Waals surface area contributed by atoms with Crippen molar-refractivity contribution in [2.75, 3.05) is 6.61 Å². The van der Waals surface area contributed by atoms with Gasteiger partial charge in [-0.3, -0.25) is 4.79 Å². The van der Waals surface area contributed by atoms with Crippen LogP contribution in [0.3, 0.4) is 0 Å². The minimum Gasteiger partial charge on any atom is -0.379 e. The van der Waals surface area contributed by atoms with E-state index in [0.717, 1.165) is 25.9 Å². The minimum absolute atomic E-state index is 0.0960. The Morgan fingerprint density at radius 1 is 1.00 bits per heavy atom. The van der Waals surface area contributed by atoms with Crippen LogP contribution in [-0.2, 0) is 14.3 Å². The molecule has 0 saturated carbocycles. The van der Waals surface area contributed by atoms with Gasteiger partial charge in [0.15, 0.2) is 0 Å². The molecule has 0 aliphatic heterocycles. The minimum atomic E-state index is 0.0960. The zero-order valence-electron chi connectivity index (χ0n) is 10.8. The van der Waals surface area contributed by atoms with Crippen LogP contribution in [0.1, 0.15) is 59.3 Å². The lowest BCUT2D eigenvalue weighted by molar-refractivity contribution is -0.123. The van der Waals surface area contributed by atoms with Crippen LogP contribution < -0.4 is 0 Å². The van der Waals surface area contributed by atoms with E-state index >= 15 is 0 Å². The maximum Gasteiger partial charge on any atom is 0.133 e. The predicted octanol–water partition coefficient (Wildman–Crippen LogP) is 2.91. The summed E-state index contributed by atoms with van der Waals surface area (Å²) in [6.07, 6.45) is 4.66. The van der Waals surface area contributed by atoms with Crippen molar-refractivity contribution in [1.82, 2.24) is 0 Å². The number of ether oxygens (including phenoxy) is 1. The third kappa shape index (κ3) is 11.4. The normalized spacial score (nSPS) is 10.8. The lowest BCUT2D eigenvalue weighted by Crippen LogP contribution is -2.04. The predicted molar refractivity (Wildman–Crippen MR) is 64.5 cm³/mol. The summed E-state index contributed by atoms with van der Waals surface area (Å²) >= 11 is 0. The topological polar surface area (TPSA) is 43.4 Å².